The minimum Gasteiger partial charge on any atom is -0.440 e. The third-order valence-corrected chi connectivity index (χ3v) is 3.64. The molecule has 0 aliphatic heterocycles. The molecule has 0 saturated heterocycles. The standard InChI is InChI=1S/C15H20N2O/c1-9(2)15-17-13-8-11(4-5-14(13)18-15)16-12-6-10(3)7-12/h4-5,8-10,12,16H,6-7H2,1-3H3. The van der Waals surface area contributed by atoms with Gasteiger partial charge in [-0.25, -0.2) is 4.98 Å². The molecular weight excluding hydrogens is 224 g/mol. The minimum absolute atomic E-state index is 0.335. The van der Waals surface area contributed by atoms with E-state index in [1.807, 2.05) is 6.07 Å². The Kier molecular flexibility index (Phi) is 2.77. The first-order valence-electron chi connectivity index (χ1n) is 6.79. The maximum absolute atomic E-state index is 5.71. The summed E-state index contributed by atoms with van der Waals surface area (Å²) in [5, 5.41) is 3.56. The smallest absolute Gasteiger partial charge is 0.198 e. The number of anilines is 1. The first kappa shape index (κ1) is 11.6. The number of hydrogen-bond acceptors (Lipinski definition) is 3. The largest absolute Gasteiger partial charge is 0.440 e. The number of oxazole rings is 1. The van der Waals surface area contributed by atoms with Gasteiger partial charge in [0.2, 0.25) is 0 Å². The highest BCUT2D eigenvalue weighted by atomic mass is 16.3. The average Bonchev–Trinajstić information content (AvgIpc) is 2.70. The van der Waals surface area contributed by atoms with E-state index in [-0.39, 0.29) is 0 Å². The Morgan fingerprint density at radius 1 is 1.33 bits per heavy atom. The lowest BCUT2D eigenvalue weighted by molar-refractivity contribution is 0.309. The van der Waals surface area contributed by atoms with E-state index in [0.717, 1.165) is 28.6 Å². The summed E-state index contributed by atoms with van der Waals surface area (Å²) in [4.78, 5) is 4.53. The second kappa shape index (κ2) is 4.30. The van der Waals surface area contributed by atoms with Crippen molar-refractivity contribution in [2.75, 3.05) is 5.32 Å². The second-order valence-electron chi connectivity index (χ2n) is 5.81. The Balaban J connectivity index is 1.81. The summed E-state index contributed by atoms with van der Waals surface area (Å²) < 4.78 is 5.71. The topological polar surface area (TPSA) is 38.1 Å². The van der Waals surface area contributed by atoms with Gasteiger partial charge in [0.1, 0.15) is 5.52 Å². The number of aromatic nitrogens is 1. The molecule has 18 heavy (non-hydrogen) atoms. The normalized spacial score (nSPS) is 23.3. The van der Waals surface area contributed by atoms with Gasteiger partial charge in [0, 0.05) is 17.6 Å². The predicted molar refractivity (Wildman–Crippen MR) is 73.9 cm³/mol. The van der Waals surface area contributed by atoms with E-state index in [0.29, 0.717) is 12.0 Å². The number of nitrogens with one attached hydrogen (secondary N) is 1. The van der Waals surface area contributed by atoms with Crippen LogP contribution in [0.2, 0.25) is 0 Å². The van der Waals surface area contributed by atoms with Crippen molar-refractivity contribution in [1.82, 2.24) is 4.98 Å². The molecule has 1 aliphatic rings. The predicted octanol–water partition coefficient (Wildman–Crippen LogP) is 4.16. The lowest BCUT2D eigenvalue weighted by atomic mass is 9.82. The van der Waals surface area contributed by atoms with Gasteiger partial charge in [-0.3, -0.25) is 0 Å². The second-order valence-corrected chi connectivity index (χ2v) is 5.81. The molecule has 3 heteroatoms. The lowest BCUT2D eigenvalue weighted by Gasteiger charge is -2.34. The van der Waals surface area contributed by atoms with E-state index in [9.17, 15) is 0 Å². The third-order valence-electron chi connectivity index (χ3n) is 3.64. The van der Waals surface area contributed by atoms with Gasteiger partial charge < -0.3 is 9.73 Å². The van der Waals surface area contributed by atoms with Crippen LogP contribution in [0.25, 0.3) is 11.1 Å². The van der Waals surface area contributed by atoms with Gasteiger partial charge in [-0.2, -0.15) is 0 Å². The summed E-state index contributed by atoms with van der Waals surface area (Å²) in [7, 11) is 0. The Morgan fingerprint density at radius 2 is 2.11 bits per heavy atom. The molecule has 0 radical (unpaired) electrons. The molecule has 3 nitrogen and oxygen atoms in total. The maximum atomic E-state index is 5.71. The van der Waals surface area contributed by atoms with Crippen LogP contribution in [0.3, 0.4) is 0 Å². The molecule has 0 bridgehead atoms. The van der Waals surface area contributed by atoms with E-state index >= 15 is 0 Å². The summed E-state index contributed by atoms with van der Waals surface area (Å²) in [6.45, 7) is 6.49. The van der Waals surface area contributed by atoms with Crippen molar-refractivity contribution in [3.8, 4) is 0 Å². The summed E-state index contributed by atoms with van der Waals surface area (Å²) >= 11 is 0. The Hall–Kier alpha value is -1.51. The van der Waals surface area contributed by atoms with Crippen molar-refractivity contribution in [2.24, 2.45) is 5.92 Å². The van der Waals surface area contributed by atoms with Crippen molar-refractivity contribution in [1.29, 1.82) is 0 Å². The van der Waals surface area contributed by atoms with Crippen molar-refractivity contribution in [2.45, 2.75) is 45.6 Å². The zero-order chi connectivity index (χ0) is 12.7. The number of rotatable bonds is 3. The van der Waals surface area contributed by atoms with E-state index in [4.69, 9.17) is 4.42 Å². The van der Waals surface area contributed by atoms with Crippen molar-refractivity contribution in [3.63, 3.8) is 0 Å². The van der Waals surface area contributed by atoms with Gasteiger partial charge in [-0.15, -0.1) is 0 Å². The molecule has 1 N–H and O–H groups in total. The highest BCUT2D eigenvalue weighted by molar-refractivity contribution is 5.77. The molecule has 1 aromatic heterocycles. The molecule has 1 aromatic carbocycles. The summed E-state index contributed by atoms with van der Waals surface area (Å²) in [6.07, 6.45) is 2.54. The van der Waals surface area contributed by atoms with Gasteiger partial charge in [0.25, 0.3) is 0 Å². The van der Waals surface area contributed by atoms with Gasteiger partial charge in [0.15, 0.2) is 11.5 Å². The summed E-state index contributed by atoms with van der Waals surface area (Å²) in [5.41, 5.74) is 2.99. The zero-order valence-electron chi connectivity index (χ0n) is 11.2. The van der Waals surface area contributed by atoms with E-state index in [2.05, 4.69) is 43.2 Å². The first-order valence-corrected chi connectivity index (χ1v) is 6.79. The summed E-state index contributed by atoms with van der Waals surface area (Å²) in [6, 6.07) is 6.82. The summed E-state index contributed by atoms with van der Waals surface area (Å²) in [5.74, 6) is 2.02. The molecule has 1 heterocycles. The fraction of sp³-hybridized carbons (Fsp3) is 0.533. The van der Waals surface area contributed by atoms with Crippen LogP contribution in [0.15, 0.2) is 22.6 Å². The molecular formula is C15H20N2O. The number of benzene rings is 1. The van der Waals surface area contributed by atoms with E-state index in [1.165, 1.54) is 12.8 Å². The molecule has 96 valence electrons. The molecule has 1 fully saturated rings. The highest BCUT2D eigenvalue weighted by Gasteiger charge is 2.25. The van der Waals surface area contributed by atoms with Crippen LogP contribution in [-0.4, -0.2) is 11.0 Å². The van der Waals surface area contributed by atoms with Gasteiger partial charge in [0.05, 0.1) is 0 Å². The van der Waals surface area contributed by atoms with E-state index in [1.54, 1.807) is 0 Å². The lowest BCUT2D eigenvalue weighted by Crippen LogP contribution is -2.33. The fourth-order valence-corrected chi connectivity index (χ4v) is 2.54. The average molecular weight is 244 g/mol. The first-order chi connectivity index (χ1) is 8.61. The van der Waals surface area contributed by atoms with Crippen LogP contribution in [-0.2, 0) is 0 Å². The van der Waals surface area contributed by atoms with Crippen LogP contribution in [0, 0.1) is 5.92 Å². The van der Waals surface area contributed by atoms with Crippen LogP contribution in [0.5, 0.6) is 0 Å². The van der Waals surface area contributed by atoms with Crippen LogP contribution >= 0.6 is 0 Å². The molecule has 0 amide bonds. The third kappa shape index (κ3) is 2.09. The Bertz CT molecular complexity index is 553. The van der Waals surface area contributed by atoms with Crippen molar-refractivity contribution < 1.29 is 4.42 Å². The van der Waals surface area contributed by atoms with Gasteiger partial charge in [-0.05, 0) is 37.0 Å². The molecule has 3 rings (SSSR count). The van der Waals surface area contributed by atoms with E-state index < -0.39 is 0 Å². The van der Waals surface area contributed by atoms with Crippen LogP contribution in [0.4, 0.5) is 5.69 Å². The SMILES string of the molecule is CC1CC(Nc2ccc3oc(C(C)C)nc3c2)C1. The van der Waals surface area contributed by atoms with Gasteiger partial charge >= 0.3 is 0 Å². The quantitative estimate of drug-likeness (QED) is 0.881. The minimum atomic E-state index is 0.335. The monoisotopic (exact) mass is 244 g/mol. The number of fused-ring (bicyclic) bond motifs is 1. The van der Waals surface area contributed by atoms with Crippen molar-refractivity contribution in [3.05, 3.63) is 24.1 Å². The number of hydrogen-bond donors (Lipinski definition) is 1. The van der Waals surface area contributed by atoms with Gasteiger partial charge in [-0.1, -0.05) is 20.8 Å². The molecule has 0 unspecified atom stereocenters. The number of nitrogens with zero attached hydrogens (tertiary/aromatic N) is 1. The maximum Gasteiger partial charge on any atom is 0.198 e. The molecule has 1 saturated carbocycles. The highest BCUT2D eigenvalue weighted by Crippen LogP contribution is 2.30. The molecule has 2 aromatic rings. The van der Waals surface area contributed by atoms with Crippen LogP contribution < -0.4 is 5.32 Å². The Labute approximate surface area is 108 Å². The molecule has 0 atom stereocenters. The molecule has 1 aliphatic carbocycles. The zero-order valence-corrected chi connectivity index (χ0v) is 11.2. The van der Waals surface area contributed by atoms with Crippen LogP contribution in [0.1, 0.15) is 45.4 Å². The molecule has 0 spiro atoms. The van der Waals surface area contributed by atoms with Crippen molar-refractivity contribution >= 4 is 16.8 Å². The Morgan fingerprint density at radius 3 is 2.78 bits per heavy atom. The fourth-order valence-electron chi connectivity index (χ4n) is 2.54.